The van der Waals surface area contributed by atoms with Crippen molar-refractivity contribution in [2.75, 3.05) is 19.0 Å². The molecule has 0 unspecified atom stereocenters. The second kappa shape index (κ2) is 8.91. The molecule has 1 heterocycles. The number of ether oxygens (including phenoxy) is 2. The zero-order chi connectivity index (χ0) is 20.8. The molecule has 0 spiro atoms. The smallest absolute Gasteiger partial charge is 0.262 e. The summed E-state index contributed by atoms with van der Waals surface area (Å²) in [6.45, 7) is -0.0990. The van der Waals surface area contributed by atoms with Crippen LogP contribution in [0, 0.1) is 0 Å². The normalized spacial score (nSPS) is 10.4. The summed E-state index contributed by atoms with van der Waals surface area (Å²) in [5.74, 6) is 1.92. The lowest BCUT2D eigenvalue weighted by atomic mass is 10.2. The molecule has 7 nitrogen and oxygen atoms in total. The molecule has 0 aliphatic carbocycles. The largest absolute Gasteiger partial charge is 0.497 e. The number of benzene rings is 3. The number of hydrogen-bond acceptors (Lipinski definition) is 6. The van der Waals surface area contributed by atoms with Crippen molar-refractivity contribution < 1.29 is 18.7 Å². The molecule has 0 aliphatic rings. The van der Waals surface area contributed by atoms with E-state index < -0.39 is 0 Å². The minimum Gasteiger partial charge on any atom is -0.497 e. The Kier molecular flexibility index (Phi) is 5.70. The Balaban J connectivity index is 1.34. The Morgan fingerprint density at radius 3 is 2.07 bits per heavy atom. The second-order valence-corrected chi connectivity index (χ2v) is 6.37. The van der Waals surface area contributed by atoms with Crippen LogP contribution in [0.2, 0.25) is 0 Å². The second-order valence-electron chi connectivity index (χ2n) is 6.37. The predicted octanol–water partition coefficient (Wildman–Crippen LogP) is 4.43. The SMILES string of the molecule is COc1ccc(OCC(=O)Nc2ccc(-c3nnc(-c4ccccc4)o3)cc2)cc1. The molecule has 4 aromatic rings. The van der Waals surface area contributed by atoms with Gasteiger partial charge in [0.25, 0.3) is 5.91 Å². The van der Waals surface area contributed by atoms with Gasteiger partial charge in [0, 0.05) is 16.8 Å². The fourth-order valence-corrected chi connectivity index (χ4v) is 2.75. The number of anilines is 1. The van der Waals surface area contributed by atoms with E-state index in [1.807, 2.05) is 42.5 Å². The summed E-state index contributed by atoms with van der Waals surface area (Å²) in [6, 6.07) is 23.8. The Hall–Kier alpha value is -4.13. The van der Waals surface area contributed by atoms with Crippen LogP contribution in [0.4, 0.5) is 5.69 Å². The lowest BCUT2D eigenvalue weighted by Crippen LogP contribution is -2.20. The van der Waals surface area contributed by atoms with Crippen LogP contribution in [-0.4, -0.2) is 29.8 Å². The van der Waals surface area contributed by atoms with Crippen LogP contribution in [0.15, 0.2) is 83.3 Å². The van der Waals surface area contributed by atoms with Crippen LogP contribution >= 0.6 is 0 Å². The van der Waals surface area contributed by atoms with Crippen LogP contribution < -0.4 is 14.8 Å². The van der Waals surface area contributed by atoms with Gasteiger partial charge in [-0.1, -0.05) is 18.2 Å². The van der Waals surface area contributed by atoms with E-state index in [0.29, 0.717) is 23.2 Å². The van der Waals surface area contributed by atoms with E-state index in [9.17, 15) is 4.79 Å². The molecule has 150 valence electrons. The number of nitrogens with one attached hydrogen (secondary N) is 1. The summed E-state index contributed by atoms with van der Waals surface area (Å²) in [5, 5.41) is 11.0. The lowest BCUT2D eigenvalue weighted by Gasteiger charge is -2.08. The van der Waals surface area contributed by atoms with E-state index in [4.69, 9.17) is 13.9 Å². The van der Waals surface area contributed by atoms with E-state index in [1.54, 1.807) is 43.5 Å². The van der Waals surface area contributed by atoms with Crippen molar-refractivity contribution in [3.8, 4) is 34.4 Å². The molecule has 0 fully saturated rings. The van der Waals surface area contributed by atoms with Gasteiger partial charge in [-0.3, -0.25) is 4.79 Å². The molecule has 3 aromatic carbocycles. The molecule has 1 N–H and O–H groups in total. The topological polar surface area (TPSA) is 86.5 Å². The summed E-state index contributed by atoms with van der Waals surface area (Å²) in [6.07, 6.45) is 0. The molecule has 7 heteroatoms. The monoisotopic (exact) mass is 401 g/mol. The van der Waals surface area contributed by atoms with Gasteiger partial charge in [-0.15, -0.1) is 10.2 Å². The van der Waals surface area contributed by atoms with Crippen molar-refractivity contribution >= 4 is 11.6 Å². The zero-order valence-electron chi connectivity index (χ0n) is 16.2. The summed E-state index contributed by atoms with van der Waals surface area (Å²) in [5.41, 5.74) is 2.26. The van der Waals surface area contributed by atoms with Crippen molar-refractivity contribution in [1.82, 2.24) is 10.2 Å². The van der Waals surface area contributed by atoms with Crippen LogP contribution in [0.5, 0.6) is 11.5 Å². The highest BCUT2D eigenvalue weighted by Gasteiger charge is 2.11. The van der Waals surface area contributed by atoms with Gasteiger partial charge in [0.15, 0.2) is 6.61 Å². The summed E-state index contributed by atoms with van der Waals surface area (Å²) >= 11 is 0. The number of hydrogen-bond donors (Lipinski definition) is 1. The third-order valence-electron chi connectivity index (χ3n) is 4.29. The van der Waals surface area contributed by atoms with Gasteiger partial charge >= 0.3 is 0 Å². The van der Waals surface area contributed by atoms with Gasteiger partial charge in [0.2, 0.25) is 11.8 Å². The molecule has 0 saturated heterocycles. The standard InChI is InChI=1S/C23H19N3O4/c1-28-19-11-13-20(14-12-19)29-15-21(27)24-18-9-7-17(8-10-18)23-26-25-22(30-23)16-5-3-2-4-6-16/h2-14H,15H2,1H3,(H,24,27). The molecule has 1 amide bonds. The Morgan fingerprint density at radius 1 is 0.833 bits per heavy atom. The van der Waals surface area contributed by atoms with Crippen LogP contribution in [0.25, 0.3) is 22.9 Å². The molecule has 0 aliphatic heterocycles. The van der Waals surface area contributed by atoms with E-state index in [-0.39, 0.29) is 12.5 Å². The summed E-state index contributed by atoms with van der Waals surface area (Å²) in [4.78, 5) is 12.1. The van der Waals surface area contributed by atoms with Crippen molar-refractivity contribution in [3.05, 3.63) is 78.9 Å². The van der Waals surface area contributed by atoms with E-state index in [0.717, 1.165) is 16.9 Å². The van der Waals surface area contributed by atoms with Gasteiger partial charge in [-0.05, 0) is 60.7 Å². The molecule has 0 atom stereocenters. The molecule has 30 heavy (non-hydrogen) atoms. The van der Waals surface area contributed by atoms with Crippen molar-refractivity contribution in [3.63, 3.8) is 0 Å². The average Bonchev–Trinajstić information content (AvgIpc) is 3.29. The number of carbonyl (C=O) groups excluding carboxylic acids is 1. The Bertz CT molecular complexity index is 1110. The Labute approximate surface area is 173 Å². The van der Waals surface area contributed by atoms with Crippen molar-refractivity contribution in [2.45, 2.75) is 0 Å². The molecule has 4 rings (SSSR count). The molecular weight excluding hydrogens is 382 g/mol. The minimum atomic E-state index is -0.261. The highest BCUT2D eigenvalue weighted by molar-refractivity contribution is 5.92. The fourth-order valence-electron chi connectivity index (χ4n) is 2.75. The van der Waals surface area contributed by atoms with Crippen LogP contribution in [0.1, 0.15) is 0 Å². The third-order valence-corrected chi connectivity index (χ3v) is 4.29. The van der Waals surface area contributed by atoms with Crippen LogP contribution in [0.3, 0.4) is 0 Å². The minimum absolute atomic E-state index is 0.0990. The fraction of sp³-hybridized carbons (Fsp3) is 0.0870. The van der Waals surface area contributed by atoms with Gasteiger partial charge in [-0.2, -0.15) is 0 Å². The van der Waals surface area contributed by atoms with E-state index >= 15 is 0 Å². The Morgan fingerprint density at radius 2 is 1.43 bits per heavy atom. The number of aromatic nitrogens is 2. The van der Waals surface area contributed by atoms with Gasteiger partial charge in [0.1, 0.15) is 11.5 Å². The quantitative estimate of drug-likeness (QED) is 0.493. The highest BCUT2D eigenvalue weighted by atomic mass is 16.5. The number of nitrogens with zero attached hydrogens (tertiary/aromatic N) is 2. The van der Waals surface area contributed by atoms with Crippen molar-refractivity contribution in [2.24, 2.45) is 0 Å². The van der Waals surface area contributed by atoms with E-state index in [1.165, 1.54) is 0 Å². The first-order chi connectivity index (χ1) is 14.7. The number of carbonyl (C=O) groups is 1. The first-order valence-electron chi connectivity index (χ1n) is 9.27. The first kappa shape index (κ1) is 19.2. The van der Waals surface area contributed by atoms with Gasteiger partial charge in [0.05, 0.1) is 7.11 Å². The molecule has 0 saturated carbocycles. The van der Waals surface area contributed by atoms with Gasteiger partial charge in [-0.25, -0.2) is 0 Å². The average molecular weight is 401 g/mol. The molecular formula is C23H19N3O4. The number of amides is 1. The maximum Gasteiger partial charge on any atom is 0.262 e. The summed E-state index contributed by atoms with van der Waals surface area (Å²) < 4.78 is 16.3. The number of methoxy groups -OCH3 is 1. The van der Waals surface area contributed by atoms with Crippen LogP contribution in [-0.2, 0) is 4.79 Å². The number of rotatable bonds is 7. The maximum absolute atomic E-state index is 12.1. The third kappa shape index (κ3) is 4.64. The van der Waals surface area contributed by atoms with Gasteiger partial charge < -0.3 is 19.2 Å². The zero-order valence-corrected chi connectivity index (χ0v) is 16.2. The summed E-state index contributed by atoms with van der Waals surface area (Å²) in [7, 11) is 1.59. The van der Waals surface area contributed by atoms with E-state index in [2.05, 4.69) is 15.5 Å². The molecule has 1 aromatic heterocycles. The predicted molar refractivity (Wildman–Crippen MR) is 112 cm³/mol. The maximum atomic E-state index is 12.1. The van der Waals surface area contributed by atoms with Crippen molar-refractivity contribution in [1.29, 1.82) is 0 Å². The lowest BCUT2D eigenvalue weighted by molar-refractivity contribution is -0.118. The molecule has 0 radical (unpaired) electrons. The highest BCUT2D eigenvalue weighted by Crippen LogP contribution is 2.24. The first-order valence-corrected chi connectivity index (χ1v) is 9.27. The molecule has 0 bridgehead atoms.